The van der Waals surface area contributed by atoms with Crippen molar-refractivity contribution >= 4 is 39.1 Å². The number of carbonyl (C=O) groups excluding carboxylic acids is 1. The topological polar surface area (TPSA) is 123 Å². The van der Waals surface area contributed by atoms with Crippen LogP contribution in [0.15, 0.2) is 58.2 Å². The van der Waals surface area contributed by atoms with Gasteiger partial charge in [-0.3, -0.25) is 9.52 Å². The molecule has 0 fully saturated rings. The maximum Gasteiger partial charge on any atom is 0.277 e. The summed E-state index contributed by atoms with van der Waals surface area (Å²) in [4.78, 5) is 12.1. The third-order valence-corrected chi connectivity index (χ3v) is 4.97. The molecule has 2 N–H and O–H groups in total. The SMILES string of the molecule is COc1ccc(NC(=O)CSc2nnc(-c3ccc(NS(C)(=O)=O)cc3)o2)cc1. The summed E-state index contributed by atoms with van der Waals surface area (Å²) >= 11 is 1.11. The Kier molecular flexibility index (Phi) is 6.39. The molecule has 3 rings (SSSR count). The number of carbonyl (C=O) groups is 1. The number of benzene rings is 2. The first kappa shape index (κ1) is 20.7. The maximum absolute atomic E-state index is 12.1. The van der Waals surface area contributed by atoms with Crippen LogP contribution in [0, 0.1) is 0 Å². The summed E-state index contributed by atoms with van der Waals surface area (Å²) in [6, 6.07) is 13.5. The van der Waals surface area contributed by atoms with E-state index in [1.807, 2.05) is 0 Å². The zero-order valence-electron chi connectivity index (χ0n) is 15.6. The highest BCUT2D eigenvalue weighted by molar-refractivity contribution is 7.99. The Morgan fingerprint density at radius 1 is 1.07 bits per heavy atom. The smallest absolute Gasteiger partial charge is 0.277 e. The molecule has 9 nitrogen and oxygen atoms in total. The summed E-state index contributed by atoms with van der Waals surface area (Å²) in [7, 11) is -1.77. The van der Waals surface area contributed by atoms with E-state index < -0.39 is 10.0 Å². The van der Waals surface area contributed by atoms with Gasteiger partial charge in [-0.2, -0.15) is 0 Å². The van der Waals surface area contributed by atoms with Crippen molar-refractivity contribution in [3.63, 3.8) is 0 Å². The minimum atomic E-state index is -3.34. The Balaban J connectivity index is 1.55. The van der Waals surface area contributed by atoms with Gasteiger partial charge in [-0.05, 0) is 48.5 Å². The van der Waals surface area contributed by atoms with Crippen LogP contribution in [0.2, 0.25) is 0 Å². The van der Waals surface area contributed by atoms with Crippen LogP contribution in [-0.4, -0.2) is 43.6 Å². The fourth-order valence-corrected chi connectivity index (χ4v) is 3.41. The number of thioether (sulfide) groups is 1. The van der Waals surface area contributed by atoms with Gasteiger partial charge in [-0.25, -0.2) is 8.42 Å². The van der Waals surface area contributed by atoms with Crippen LogP contribution < -0.4 is 14.8 Å². The lowest BCUT2D eigenvalue weighted by molar-refractivity contribution is -0.113. The summed E-state index contributed by atoms with van der Waals surface area (Å²) in [6.07, 6.45) is 1.08. The van der Waals surface area contributed by atoms with Crippen LogP contribution >= 0.6 is 11.8 Å². The fraction of sp³-hybridized carbons (Fsp3) is 0.167. The number of nitrogens with zero attached hydrogens (tertiary/aromatic N) is 2. The molecule has 0 spiro atoms. The number of methoxy groups -OCH3 is 1. The molecule has 29 heavy (non-hydrogen) atoms. The van der Waals surface area contributed by atoms with Gasteiger partial charge in [0.1, 0.15) is 5.75 Å². The lowest BCUT2D eigenvalue weighted by Crippen LogP contribution is -2.13. The molecule has 1 amide bonds. The van der Waals surface area contributed by atoms with Gasteiger partial charge in [0.05, 0.1) is 19.1 Å². The van der Waals surface area contributed by atoms with E-state index in [9.17, 15) is 13.2 Å². The van der Waals surface area contributed by atoms with Crippen LogP contribution in [0.5, 0.6) is 5.75 Å². The van der Waals surface area contributed by atoms with Crippen molar-refractivity contribution in [2.24, 2.45) is 0 Å². The Morgan fingerprint density at radius 2 is 1.72 bits per heavy atom. The summed E-state index contributed by atoms with van der Waals surface area (Å²) in [6.45, 7) is 0. The zero-order valence-corrected chi connectivity index (χ0v) is 17.2. The second kappa shape index (κ2) is 8.97. The third-order valence-electron chi connectivity index (χ3n) is 3.54. The number of amides is 1. The van der Waals surface area contributed by atoms with E-state index in [2.05, 4.69) is 20.2 Å². The first-order chi connectivity index (χ1) is 13.8. The van der Waals surface area contributed by atoms with Gasteiger partial charge >= 0.3 is 0 Å². The van der Waals surface area contributed by atoms with Crippen molar-refractivity contribution in [3.8, 4) is 17.2 Å². The van der Waals surface area contributed by atoms with E-state index in [0.717, 1.165) is 18.0 Å². The van der Waals surface area contributed by atoms with Gasteiger partial charge in [0, 0.05) is 16.9 Å². The molecule has 0 aliphatic heterocycles. The highest BCUT2D eigenvalue weighted by Gasteiger charge is 2.12. The monoisotopic (exact) mass is 434 g/mol. The molecular formula is C18H18N4O5S2. The van der Waals surface area contributed by atoms with E-state index in [1.165, 1.54) is 0 Å². The number of hydrogen-bond donors (Lipinski definition) is 2. The van der Waals surface area contributed by atoms with Crippen LogP contribution in [0.1, 0.15) is 0 Å². The molecule has 0 atom stereocenters. The molecular weight excluding hydrogens is 416 g/mol. The van der Waals surface area contributed by atoms with Gasteiger partial charge in [-0.15, -0.1) is 10.2 Å². The highest BCUT2D eigenvalue weighted by atomic mass is 32.2. The van der Waals surface area contributed by atoms with E-state index in [4.69, 9.17) is 9.15 Å². The molecule has 2 aromatic carbocycles. The average Bonchev–Trinajstić information content (AvgIpc) is 3.15. The molecule has 11 heteroatoms. The normalized spacial score (nSPS) is 11.1. The van der Waals surface area contributed by atoms with Crippen molar-refractivity contribution < 1.29 is 22.4 Å². The van der Waals surface area contributed by atoms with Crippen LogP contribution in [-0.2, 0) is 14.8 Å². The summed E-state index contributed by atoms with van der Waals surface area (Å²) in [5.74, 6) is 0.867. The van der Waals surface area contributed by atoms with Gasteiger partial charge in [0.15, 0.2) is 0 Å². The molecule has 152 valence electrons. The predicted octanol–water partition coefficient (Wildman–Crippen LogP) is 2.85. The Bertz CT molecular complexity index is 1080. The van der Waals surface area contributed by atoms with Crippen molar-refractivity contribution in [2.75, 3.05) is 29.2 Å². The maximum atomic E-state index is 12.1. The second-order valence-corrected chi connectivity index (χ2v) is 8.57. The Hall–Kier alpha value is -3.05. The van der Waals surface area contributed by atoms with Gasteiger partial charge in [0.25, 0.3) is 5.22 Å². The number of aromatic nitrogens is 2. The molecule has 0 saturated heterocycles. The molecule has 0 unspecified atom stereocenters. The average molecular weight is 434 g/mol. The predicted molar refractivity (Wildman–Crippen MR) is 111 cm³/mol. The van der Waals surface area contributed by atoms with Crippen LogP contribution in [0.3, 0.4) is 0 Å². The summed E-state index contributed by atoms with van der Waals surface area (Å²) in [5, 5.41) is 10.9. The quantitative estimate of drug-likeness (QED) is 0.519. The van der Waals surface area contributed by atoms with Crippen molar-refractivity contribution in [1.82, 2.24) is 10.2 Å². The third kappa shape index (κ3) is 6.22. The van der Waals surface area contributed by atoms with Gasteiger partial charge < -0.3 is 14.5 Å². The number of nitrogens with one attached hydrogen (secondary N) is 2. The minimum absolute atomic E-state index is 0.102. The number of sulfonamides is 1. The van der Waals surface area contributed by atoms with E-state index >= 15 is 0 Å². The highest BCUT2D eigenvalue weighted by Crippen LogP contribution is 2.25. The Labute approximate surface area is 171 Å². The molecule has 3 aromatic rings. The molecule has 0 bridgehead atoms. The lowest BCUT2D eigenvalue weighted by atomic mass is 10.2. The number of rotatable bonds is 8. The lowest BCUT2D eigenvalue weighted by Gasteiger charge is -2.05. The number of hydrogen-bond acceptors (Lipinski definition) is 8. The molecule has 0 aliphatic rings. The van der Waals surface area contributed by atoms with Crippen molar-refractivity contribution in [2.45, 2.75) is 5.22 Å². The zero-order chi connectivity index (χ0) is 20.9. The number of ether oxygens (including phenoxy) is 1. The minimum Gasteiger partial charge on any atom is -0.497 e. The summed E-state index contributed by atoms with van der Waals surface area (Å²) < 4.78 is 35.5. The van der Waals surface area contributed by atoms with Crippen molar-refractivity contribution in [3.05, 3.63) is 48.5 Å². The molecule has 1 heterocycles. The van der Waals surface area contributed by atoms with Gasteiger partial charge in [-0.1, -0.05) is 11.8 Å². The summed E-state index contributed by atoms with van der Waals surface area (Å²) in [5.41, 5.74) is 1.72. The standard InChI is InChI=1S/C18H18N4O5S2/c1-26-15-9-7-13(8-10-15)19-16(23)11-28-18-21-20-17(27-18)12-3-5-14(6-4-12)22-29(2,24)25/h3-10,22H,11H2,1-2H3,(H,19,23). The van der Waals surface area contributed by atoms with Crippen LogP contribution in [0.25, 0.3) is 11.5 Å². The Morgan fingerprint density at radius 3 is 2.34 bits per heavy atom. The molecule has 1 aromatic heterocycles. The molecule has 0 aliphatic carbocycles. The fourth-order valence-electron chi connectivity index (χ4n) is 2.28. The van der Waals surface area contributed by atoms with Crippen LogP contribution in [0.4, 0.5) is 11.4 Å². The van der Waals surface area contributed by atoms with E-state index in [1.54, 1.807) is 55.6 Å². The largest absolute Gasteiger partial charge is 0.497 e. The van der Waals surface area contributed by atoms with Gasteiger partial charge in [0.2, 0.25) is 21.8 Å². The molecule has 0 radical (unpaired) electrons. The first-order valence-corrected chi connectivity index (χ1v) is 11.2. The van der Waals surface area contributed by atoms with E-state index in [-0.39, 0.29) is 22.8 Å². The number of anilines is 2. The second-order valence-electron chi connectivity index (χ2n) is 5.89. The molecule has 0 saturated carbocycles. The van der Waals surface area contributed by atoms with E-state index in [0.29, 0.717) is 22.7 Å². The van der Waals surface area contributed by atoms with Crippen molar-refractivity contribution in [1.29, 1.82) is 0 Å². The first-order valence-electron chi connectivity index (χ1n) is 8.31.